The fourth-order valence-electron chi connectivity index (χ4n) is 10.5. The van der Waals surface area contributed by atoms with Crippen molar-refractivity contribution >= 4 is 33.6 Å². The van der Waals surface area contributed by atoms with E-state index in [4.69, 9.17) is 32.3 Å². The largest absolute Gasteiger partial charge is 0.472 e. The lowest BCUT2D eigenvalue weighted by molar-refractivity contribution is -0.161. The molecule has 0 aliphatic heterocycles. The van der Waals surface area contributed by atoms with Crippen molar-refractivity contribution in [2.45, 2.75) is 322 Å². The van der Waals surface area contributed by atoms with Gasteiger partial charge in [0.05, 0.1) is 26.4 Å². The van der Waals surface area contributed by atoms with Gasteiger partial charge in [0, 0.05) is 19.3 Å². The van der Waals surface area contributed by atoms with Crippen LogP contribution >= 0.6 is 15.6 Å². The zero-order valence-electron chi connectivity index (χ0n) is 67.6. The highest BCUT2D eigenvalue weighted by atomic mass is 31.2. The minimum Gasteiger partial charge on any atom is -0.463 e. The molecule has 0 amide bonds. The van der Waals surface area contributed by atoms with Gasteiger partial charge >= 0.3 is 33.6 Å². The molecule has 0 radical (unpaired) electrons. The van der Waals surface area contributed by atoms with Crippen LogP contribution < -0.4 is 0 Å². The number of ether oxygens (including phenoxy) is 3. The number of hydrogen-bond acceptors (Lipinski definition) is 14. The van der Waals surface area contributed by atoms with Gasteiger partial charge < -0.3 is 34.2 Å². The Morgan fingerprint density at radius 2 is 0.486 bits per heavy atom. The summed E-state index contributed by atoms with van der Waals surface area (Å²) < 4.78 is 61.3. The first-order valence-electron chi connectivity index (χ1n) is 41.7. The SMILES string of the molecule is CC/C=C\C/C=C\C/C=C\C/C=C\C/C=C\C/C=C\CCCCCCCCCCC(=O)OCC(O)COP(=O)(O)OCC(O)COP(=O)(O)OCC(COC(=O)CCCCCC/C=C\C/C=C\C/C=C\C/C=C\C/C=C\C/C=C\CC)OC(=O)CCCCCCCCC/C=C\C/C=C\C/C=C\C/C=C\CCCCC. The second-order valence-electron chi connectivity index (χ2n) is 27.2. The molecule has 618 valence electrons. The minimum atomic E-state index is -4.96. The maximum Gasteiger partial charge on any atom is 0.472 e. The van der Waals surface area contributed by atoms with E-state index in [1.54, 1.807) is 0 Å². The van der Waals surface area contributed by atoms with E-state index in [9.17, 15) is 43.5 Å². The normalized spacial score (nSPS) is 14.9. The van der Waals surface area contributed by atoms with E-state index in [1.165, 1.54) is 44.9 Å². The average Bonchev–Trinajstić information content (AvgIpc) is 0.904. The van der Waals surface area contributed by atoms with Crippen LogP contribution in [0.15, 0.2) is 194 Å². The number of aliphatic hydroxyl groups is 2. The monoisotopic (exact) mass is 1560 g/mol. The Balaban J connectivity index is 4.74. The number of phosphoric ester groups is 2. The van der Waals surface area contributed by atoms with Crippen molar-refractivity contribution in [3.8, 4) is 0 Å². The van der Waals surface area contributed by atoms with Gasteiger partial charge in [-0.3, -0.25) is 32.5 Å². The topological polar surface area (TPSA) is 231 Å². The smallest absolute Gasteiger partial charge is 0.463 e. The summed E-state index contributed by atoms with van der Waals surface area (Å²) >= 11 is 0. The number of hydrogen-bond donors (Lipinski definition) is 4. The molecule has 109 heavy (non-hydrogen) atoms. The molecule has 0 aromatic rings. The van der Waals surface area contributed by atoms with Gasteiger partial charge in [0.2, 0.25) is 0 Å². The molecule has 18 heteroatoms. The highest BCUT2D eigenvalue weighted by Crippen LogP contribution is 2.45. The number of esters is 3. The van der Waals surface area contributed by atoms with Gasteiger partial charge in [-0.15, -0.1) is 0 Å². The Morgan fingerprint density at radius 3 is 0.771 bits per heavy atom. The summed E-state index contributed by atoms with van der Waals surface area (Å²) in [5.41, 5.74) is 0. The third-order valence-electron chi connectivity index (χ3n) is 16.8. The molecule has 0 saturated heterocycles. The van der Waals surface area contributed by atoms with Crippen LogP contribution in [0.25, 0.3) is 0 Å². The van der Waals surface area contributed by atoms with Crippen LogP contribution in [0, 0.1) is 0 Å². The number of phosphoric acid groups is 2. The molecular weight excluding hydrogens is 1410 g/mol. The van der Waals surface area contributed by atoms with Gasteiger partial charge in [-0.25, -0.2) is 9.13 Å². The van der Waals surface area contributed by atoms with E-state index in [0.29, 0.717) is 19.3 Å². The van der Waals surface area contributed by atoms with Crippen molar-refractivity contribution in [2.75, 3.05) is 39.6 Å². The first-order chi connectivity index (χ1) is 53.2. The average molecular weight is 1560 g/mol. The fraction of sp³-hybridized carbons (Fsp3) is 0.615. The second-order valence-corrected chi connectivity index (χ2v) is 30.1. The van der Waals surface area contributed by atoms with Gasteiger partial charge in [0.15, 0.2) is 6.10 Å². The van der Waals surface area contributed by atoms with Gasteiger partial charge in [0.1, 0.15) is 25.4 Å². The Labute approximate surface area is 661 Å². The molecule has 0 aliphatic carbocycles. The molecule has 0 aromatic carbocycles. The van der Waals surface area contributed by atoms with Crippen molar-refractivity contribution in [3.05, 3.63) is 194 Å². The van der Waals surface area contributed by atoms with E-state index in [1.807, 2.05) is 0 Å². The molecule has 0 aromatic heterocycles. The maximum absolute atomic E-state index is 13.0. The number of allylic oxidation sites excluding steroid dienone is 32. The van der Waals surface area contributed by atoms with Crippen molar-refractivity contribution < 1.29 is 75.8 Å². The van der Waals surface area contributed by atoms with Crippen LogP contribution in [0.5, 0.6) is 0 Å². The zero-order valence-corrected chi connectivity index (χ0v) is 69.4. The van der Waals surface area contributed by atoms with Crippen molar-refractivity contribution in [2.24, 2.45) is 0 Å². The van der Waals surface area contributed by atoms with Crippen LogP contribution in [0.2, 0.25) is 0 Å². The van der Waals surface area contributed by atoms with E-state index in [-0.39, 0.29) is 19.3 Å². The molecule has 0 heterocycles. The summed E-state index contributed by atoms with van der Waals surface area (Å²) in [6.07, 6.45) is 107. The standard InChI is InChI=1S/C91H148O16P2/c1-4-7-10-13-16-19-22-25-28-31-34-37-40-41-42-43-46-48-50-53-56-59-62-65-68-71-74-77-89(94)101-80-86(92)81-103-108(97,98)104-82-87(93)83-105-109(99,100)106-85-88(107-91(96)79-76-73-70-67-64-61-58-55-52-49-45-39-36-33-30-27-24-21-18-15-12-9-6-3)84-102-90(95)78-75-72-69-66-63-60-57-54-51-47-44-38-35-32-29-26-23-20-17-14-11-8-5-2/h7-8,10-11,16-21,25-30,34-39,41-42,46-49,51-52,57,60,86-88,92-93H,4-6,9,12-15,22-24,31-33,40,43-45,50,53-56,58-59,61-85H2,1-3H3,(H,97,98)(H,99,100)/b10-7-,11-8-,19-16-,20-17-,21-18-,28-25-,29-26-,30-27-,37-34-,38-35-,39-36-,42-41-,48-46-,51-47-,52-49-,60-57-. The predicted octanol–water partition coefficient (Wildman–Crippen LogP) is 25.1. The van der Waals surface area contributed by atoms with Crippen LogP contribution in [-0.2, 0) is 55.8 Å². The van der Waals surface area contributed by atoms with Crippen LogP contribution in [0.3, 0.4) is 0 Å². The lowest BCUT2D eigenvalue weighted by Crippen LogP contribution is -2.30. The summed E-state index contributed by atoms with van der Waals surface area (Å²) in [7, 11) is -9.83. The molecule has 0 saturated carbocycles. The van der Waals surface area contributed by atoms with E-state index < -0.39 is 91.5 Å². The highest BCUT2D eigenvalue weighted by Gasteiger charge is 2.29. The Bertz CT molecular complexity index is 2760. The molecule has 0 spiro atoms. The third kappa shape index (κ3) is 83.2. The maximum atomic E-state index is 13.0. The molecule has 5 unspecified atom stereocenters. The van der Waals surface area contributed by atoms with Crippen LogP contribution in [0.4, 0.5) is 0 Å². The minimum absolute atomic E-state index is 0.0781. The fourth-order valence-corrected chi connectivity index (χ4v) is 12.1. The third-order valence-corrected chi connectivity index (χ3v) is 18.7. The van der Waals surface area contributed by atoms with Gasteiger partial charge in [-0.2, -0.15) is 0 Å². The van der Waals surface area contributed by atoms with Gasteiger partial charge in [-0.05, 0) is 167 Å². The molecule has 4 N–H and O–H groups in total. The first-order valence-corrected chi connectivity index (χ1v) is 44.7. The summed E-state index contributed by atoms with van der Waals surface area (Å²) in [5.74, 6) is -1.63. The van der Waals surface area contributed by atoms with E-state index >= 15 is 0 Å². The lowest BCUT2D eigenvalue weighted by atomic mass is 10.1. The Morgan fingerprint density at radius 1 is 0.266 bits per heavy atom. The molecule has 0 bridgehead atoms. The van der Waals surface area contributed by atoms with Gasteiger partial charge in [-0.1, -0.05) is 312 Å². The summed E-state index contributed by atoms with van der Waals surface area (Å²) in [4.78, 5) is 58.8. The number of carbonyl (C=O) groups excluding carboxylic acids is 3. The zero-order chi connectivity index (χ0) is 79.4. The molecule has 5 atom stereocenters. The quantitative estimate of drug-likeness (QED) is 0.0146. The van der Waals surface area contributed by atoms with E-state index in [2.05, 4.69) is 215 Å². The van der Waals surface area contributed by atoms with E-state index in [0.717, 1.165) is 199 Å². The molecule has 0 aliphatic rings. The molecule has 0 rings (SSSR count). The number of carbonyl (C=O) groups is 3. The lowest BCUT2D eigenvalue weighted by Gasteiger charge is -2.21. The predicted molar refractivity (Wildman–Crippen MR) is 454 cm³/mol. The number of unbranched alkanes of at least 4 members (excludes halogenated alkanes) is 22. The van der Waals surface area contributed by atoms with Crippen molar-refractivity contribution in [1.29, 1.82) is 0 Å². The summed E-state index contributed by atoms with van der Waals surface area (Å²) in [6.45, 7) is 2.36. The summed E-state index contributed by atoms with van der Waals surface area (Å²) in [5, 5.41) is 20.7. The van der Waals surface area contributed by atoms with Crippen molar-refractivity contribution in [1.82, 2.24) is 0 Å². The van der Waals surface area contributed by atoms with Gasteiger partial charge in [0.25, 0.3) is 0 Å². The Hall–Kier alpha value is -5.61. The van der Waals surface area contributed by atoms with Crippen LogP contribution in [-0.4, -0.2) is 95.9 Å². The Kier molecular flexibility index (Phi) is 77.7. The second kappa shape index (κ2) is 81.9. The summed E-state index contributed by atoms with van der Waals surface area (Å²) in [6, 6.07) is 0. The first kappa shape index (κ1) is 103. The number of aliphatic hydroxyl groups excluding tert-OH is 2. The number of rotatable bonds is 77. The van der Waals surface area contributed by atoms with Crippen LogP contribution in [0.1, 0.15) is 303 Å². The molecule has 16 nitrogen and oxygen atoms in total. The molecular formula is C91H148O16P2. The van der Waals surface area contributed by atoms with Crippen molar-refractivity contribution in [3.63, 3.8) is 0 Å². The molecule has 0 fully saturated rings. The highest BCUT2D eigenvalue weighted by molar-refractivity contribution is 7.47.